The Labute approximate surface area is 196 Å². The smallest absolute Gasteiger partial charge is 0.407 e. The van der Waals surface area contributed by atoms with Gasteiger partial charge in [-0.05, 0) is 72.1 Å². The monoisotopic (exact) mass is 481 g/mol. The van der Waals surface area contributed by atoms with E-state index in [4.69, 9.17) is 11.2 Å². The summed E-state index contributed by atoms with van der Waals surface area (Å²) in [4.78, 5) is 11.7. The van der Waals surface area contributed by atoms with E-state index in [2.05, 4.69) is 10.6 Å². The van der Waals surface area contributed by atoms with E-state index in [1.165, 1.54) is 12.1 Å². The Hall–Kier alpha value is -2.62. The minimum atomic E-state index is -3.83. The number of carbonyl (C=O) groups excluding carboxylic acids is 1. The second-order valence-corrected chi connectivity index (χ2v) is 11.5. The van der Waals surface area contributed by atoms with Crippen molar-refractivity contribution in [2.24, 2.45) is 0 Å². The van der Waals surface area contributed by atoms with E-state index < -0.39 is 33.5 Å². The molecular formula is C23H33FN4O4S. The number of amides is 1. The van der Waals surface area contributed by atoms with Crippen molar-refractivity contribution in [3.8, 4) is 0 Å². The molecule has 1 aliphatic rings. The number of anilines is 2. The third-order valence-corrected chi connectivity index (χ3v) is 6.38. The summed E-state index contributed by atoms with van der Waals surface area (Å²) in [5.74, 6) is -0.0712. The van der Waals surface area contributed by atoms with Gasteiger partial charge in [0.15, 0.2) is 9.84 Å². The van der Waals surface area contributed by atoms with E-state index in [9.17, 15) is 17.6 Å². The lowest BCUT2D eigenvalue weighted by Gasteiger charge is -2.23. The van der Waals surface area contributed by atoms with Gasteiger partial charge in [-0.2, -0.15) is 5.10 Å². The number of carbonyl (C=O) groups is 1. The van der Waals surface area contributed by atoms with Crippen LogP contribution < -0.4 is 10.6 Å². The fraction of sp³-hybridized carbons (Fsp3) is 0.565. The van der Waals surface area contributed by atoms with Crippen LogP contribution in [0.2, 0.25) is 0 Å². The molecule has 1 fully saturated rings. The quantitative estimate of drug-likeness (QED) is 0.620. The lowest BCUT2D eigenvalue weighted by molar-refractivity contribution is 0.0981. The Morgan fingerprint density at radius 3 is 2.64 bits per heavy atom. The Morgan fingerprint density at radius 2 is 2.03 bits per heavy atom. The van der Waals surface area contributed by atoms with Gasteiger partial charge in [-0.25, -0.2) is 22.3 Å². The Morgan fingerprint density at radius 1 is 1.30 bits per heavy atom. The maximum absolute atomic E-state index is 14.7. The molecule has 1 amide bonds. The first-order valence-corrected chi connectivity index (χ1v) is 12.6. The zero-order chi connectivity index (χ0) is 25.3. The largest absolute Gasteiger partial charge is 0.446 e. The Balaban J connectivity index is 1.81. The van der Waals surface area contributed by atoms with Crippen LogP contribution in [0.1, 0.15) is 66.9 Å². The van der Waals surface area contributed by atoms with E-state index in [0.717, 1.165) is 24.6 Å². The average Bonchev–Trinajstić information content (AvgIpc) is 3.35. The fourth-order valence-corrected chi connectivity index (χ4v) is 4.42. The van der Waals surface area contributed by atoms with E-state index in [-0.39, 0.29) is 28.6 Å². The topological polar surface area (TPSA) is 102 Å². The second kappa shape index (κ2) is 9.32. The number of alkyl carbamates (subject to hydrolysis) is 1. The highest BCUT2D eigenvalue weighted by Crippen LogP contribution is 2.38. The first-order chi connectivity index (χ1) is 15.8. The third-order valence-electron chi connectivity index (χ3n) is 5.41. The third kappa shape index (κ3) is 6.25. The molecule has 2 unspecified atom stereocenters. The number of rotatable bonds is 6. The molecule has 33 heavy (non-hydrogen) atoms. The summed E-state index contributed by atoms with van der Waals surface area (Å²) in [7, 11) is -3.83. The molecule has 2 N–H and O–H groups in total. The van der Waals surface area contributed by atoms with E-state index in [1.54, 1.807) is 4.68 Å². The number of halogens is 1. The number of aromatic nitrogens is 2. The van der Waals surface area contributed by atoms with Crippen LogP contribution in [0.15, 0.2) is 29.2 Å². The van der Waals surface area contributed by atoms with Crippen molar-refractivity contribution in [3.05, 3.63) is 35.8 Å². The van der Waals surface area contributed by atoms with Crippen LogP contribution in [0.25, 0.3) is 0 Å². The van der Waals surface area contributed by atoms with Gasteiger partial charge < -0.3 is 15.4 Å². The minimum Gasteiger partial charge on any atom is -0.446 e. The summed E-state index contributed by atoms with van der Waals surface area (Å²) in [6.45, 7) is 9.68. The van der Waals surface area contributed by atoms with Gasteiger partial charge >= 0.3 is 6.09 Å². The first-order valence-electron chi connectivity index (χ1n) is 11.7. The van der Waals surface area contributed by atoms with E-state index in [1.807, 2.05) is 40.7 Å². The van der Waals surface area contributed by atoms with Crippen molar-refractivity contribution < 1.29 is 23.7 Å². The highest BCUT2D eigenvalue weighted by molar-refractivity contribution is 7.90. The number of benzene rings is 1. The number of nitrogens with zero attached hydrogens (tertiary/aromatic N) is 2. The first kappa shape index (κ1) is 23.5. The van der Waals surface area contributed by atoms with Gasteiger partial charge in [0.25, 0.3) is 0 Å². The molecule has 0 spiro atoms. The number of ether oxygens (including phenoxy) is 1. The molecule has 2 atom stereocenters. The highest BCUT2D eigenvalue weighted by Gasteiger charge is 2.32. The predicted molar refractivity (Wildman–Crippen MR) is 125 cm³/mol. The number of sulfone groups is 1. The molecule has 0 saturated heterocycles. The Kier molecular flexibility index (Phi) is 6.65. The summed E-state index contributed by atoms with van der Waals surface area (Å²) in [6, 6.07) is 5.42. The standard InChI is InChI=1S/C23H33FN4O4S/c1-14(2)25-22(29)32-16-8-7-15(11-16)20-13-21(28(27-20)23(3,4)5)26-19-10-9-17(12-18(19)24)33(6,30)31/h9-10,12-16,26H,7-8,11H2,1-6H3,(H,25,29)/i6D. The van der Waals surface area contributed by atoms with Gasteiger partial charge in [0.2, 0.25) is 0 Å². The van der Waals surface area contributed by atoms with Crippen molar-refractivity contribution >= 4 is 27.4 Å². The molecule has 1 aromatic heterocycles. The molecule has 1 heterocycles. The van der Waals surface area contributed by atoms with Crippen LogP contribution in [0.5, 0.6) is 0 Å². The normalized spacial score (nSPS) is 19.4. The van der Waals surface area contributed by atoms with Gasteiger partial charge in [-0.15, -0.1) is 0 Å². The van der Waals surface area contributed by atoms with Crippen LogP contribution in [-0.4, -0.2) is 42.7 Å². The molecule has 0 aliphatic heterocycles. The van der Waals surface area contributed by atoms with Crippen molar-refractivity contribution in [1.82, 2.24) is 15.1 Å². The second-order valence-electron chi connectivity index (χ2n) is 9.75. The van der Waals surface area contributed by atoms with Gasteiger partial charge in [0, 0.05) is 25.6 Å². The zero-order valence-corrected chi connectivity index (χ0v) is 20.5. The van der Waals surface area contributed by atoms with E-state index in [0.29, 0.717) is 12.2 Å². The summed E-state index contributed by atoms with van der Waals surface area (Å²) in [5, 5.41) is 10.5. The summed E-state index contributed by atoms with van der Waals surface area (Å²) >= 11 is 0. The van der Waals surface area contributed by atoms with Crippen LogP contribution in [-0.2, 0) is 20.1 Å². The van der Waals surface area contributed by atoms with Crippen molar-refractivity contribution in [3.63, 3.8) is 0 Å². The molecule has 2 aromatic rings. The van der Waals surface area contributed by atoms with Crippen molar-refractivity contribution in [2.45, 2.75) is 82.4 Å². The van der Waals surface area contributed by atoms with Gasteiger partial charge in [-0.1, -0.05) is 0 Å². The van der Waals surface area contributed by atoms with Crippen molar-refractivity contribution in [2.75, 3.05) is 11.5 Å². The number of nitrogens with one attached hydrogen (secondary N) is 2. The molecule has 1 aliphatic carbocycles. The summed E-state index contributed by atoms with van der Waals surface area (Å²) in [5.41, 5.74) is 0.525. The minimum absolute atomic E-state index is 0.00218. The van der Waals surface area contributed by atoms with Crippen LogP contribution >= 0.6 is 0 Å². The number of hydrogen-bond acceptors (Lipinski definition) is 6. The van der Waals surface area contributed by atoms with Crippen LogP contribution in [0.3, 0.4) is 0 Å². The van der Waals surface area contributed by atoms with Crippen molar-refractivity contribution in [1.29, 1.82) is 0 Å². The molecule has 10 heteroatoms. The van der Waals surface area contributed by atoms with Gasteiger partial charge in [-0.3, -0.25) is 0 Å². The average molecular weight is 482 g/mol. The zero-order valence-electron chi connectivity index (χ0n) is 20.7. The van der Waals surface area contributed by atoms with Crippen LogP contribution in [0.4, 0.5) is 20.7 Å². The molecule has 182 valence electrons. The fourth-order valence-electron chi connectivity index (χ4n) is 3.86. The maximum atomic E-state index is 14.7. The SMILES string of the molecule is [2H]CS(=O)(=O)c1ccc(Nc2cc(C3CCC(OC(=O)NC(C)C)C3)nn2C(C)(C)C)c(F)c1. The molecular weight excluding hydrogens is 447 g/mol. The molecule has 1 saturated carbocycles. The lowest BCUT2D eigenvalue weighted by Crippen LogP contribution is -2.33. The molecule has 1 aromatic carbocycles. The lowest BCUT2D eigenvalue weighted by atomic mass is 10.0. The molecule has 0 bridgehead atoms. The molecule has 8 nitrogen and oxygen atoms in total. The Bertz CT molecular complexity index is 1140. The number of hydrogen-bond donors (Lipinski definition) is 2. The molecule has 3 rings (SSSR count). The van der Waals surface area contributed by atoms with Gasteiger partial charge in [0.05, 0.1) is 21.8 Å². The summed E-state index contributed by atoms with van der Waals surface area (Å²) < 4.78 is 52.9. The highest BCUT2D eigenvalue weighted by atomic mass is 32.2. The van der Waals surface area contributed by atoms with Gasteiger partial charge in [0.1, 0.15) is 17.7 Å². The summed E-state index contributed by atoms with van der Waals surface area (Å²) in [6.07, 6.45) is 0.750. The molecule has 0 radical (unpaired) electrons. The maximum Gasteiger partial charge on any atom is 0.407 e. The van der Waals surface area contributed by atoms with Crippen LogP contribution in [0, 0.1) is 5.82 Å². The van der Waals surface area contributed by atoms with E-state index >= 15 is 0 Å². The predicted octanol–water partition coefficient (Wildman–Crippen LogP) is 4.70.